The van der Waals surface area contributed by atoms with E-state index in [1.807, 2.05) is 182 Å². The summed E-state index contributed by atoms with van der Waals surface area (Å²) in [5.41, 5.74) is 16.5. The lowest BCUT2D eigenvalue weighted by Crippen LogP contribution is -2.27. The molecule has 1 saturated carbocycles. The number of halogens is 5. The van der Waals surface area contributed by atoms with Crippen LogP contribution in [0.25, 0.3) is 34.0 Å². The molecule has 0 radical (unpaired) electrons. The molecule has 0 saturated heterocycles. The molecular formula is C123H143ClF4N8O10. The van der Waals surface area contributed by atoms with E-state index in [0.29, 0.717) is 74.5 Å². The summed E-state index contributed by atoms with van der Waals surface area (Å²) >= 11 is 6.37. The number of hydrogen-bond acceptors (Lipinski definition) is 17. The van der Waals surface area contributed by atoms with Crippen molar-refractivity contribution in [2.45, 2.75) is 281 Å². The van der Waals surface area contributed by atoms with Gasteiger partial charge in [-0.3, -0.25) is 35.1 Å². The van der Waals surface area contributed by atoms with Crippen LogP contribution in [0.2, 0.25) is 5.02 Å². The second-order valence-electron chi connectivity index (χ2n) is 44.8. The molecule has 770 valence electrons. The van der Waals surface area contributed by atoms with Crippen LogP contribution in [0.4, 0.5) is 40.3 Å². The number of phenols is 5. The fourth-order valence-electron chi connectivity index (χ4n) is 16.4. The number of nitro groups is 1. The summed E-state index contributed by atoms with van der Waals surface area (Å²) in [5.74, 6) is -3.40. The Morgan fingerprint density at radius 2 is 0.890 bits per heavy atom. The molecule has 1 aromatic heterocycles. The molecular weight excluding hydrogens is 1860 g/mol. The molecule has 2 unspecified atom stereocenters. The van der Waals surface area contributed by atoms with Crippen LogP contribution in [0, 0.1) is 47.2 Å². The molecule has 0 bridgehead atoms. The van der Waals surface area contributed by atoms with Crippen molar-refractivity contribution in [3.8, 4) is 74.2 Å². The molecule has 0 aliphatic heterocycles. The van der Waals surface area contributed by atoms with Crippen LogP contribution in [0.15, 0.2) is 242 Å². The first-order chi connectivity index (χ1) is 68.3. The van der Waals surface area contributed by atoms with E-state index in [9.17, 15) is 53.2 Å². The van der Waals surface area contributed by atoms with Gasteiger partial charge in [0.05, 0.1) is 40.4 Å². The maximum Gasteiger partial charge on any atom is 0.270 e. The first-order valence-electron chi connectivity index (χ1n) is 49.4. The molecule has 1 fully saturated rings. The van der Waals surface area contributed by atoms with E-state index in [4.69, 9.17) is 40.6 Å². The molecule has 12 aromatic carbocycles. The molecule has 5 N–H and O–H groups in total. The molecule has 14 rings (SSSR count). The maximum atomic E-state index is 14.1. The predicted octanol–water partition coefficient (Wildman–Crippen LogP) is 33.1. The lowest BCUT2D eigenvalue weighted by atomic mass is 9.79. The predicted molar refractivity (Wildman–Crippen MR) is 591 cm³/mol. The Morgan fingerprint density at radius 1 is 0.452 bits per heavy atom. The monoisotopic (exact) mass is 2000 g/mol. The van der Waals surface area contributed by atoms with Gasteiger partial charge in [-0.1, -0.05) is 336 Å². The summed E-state index contributed by atoms with van der Waals surface area (Å²) in [5, 5.41) is 69.9. The number of para-hydroxylation sites is 4. The van der Waals surface area contributed by atoms with Crippen molar-refractivity contribution in [2.75, 3.05) is 7.11 Å². The summed E-state index contributed by atoms with van der Waals surface area (Å²) < 4.78 is 71.5. The lowest BCUT2D eigenvalue weighted by Gasteiger charge is -2.28. The lowest BCUT2D eigenvalue weighted by molar-refractivity contribution is -0.384. The van der Waals surface area contributed by atoms with Gasteiger partial charge in [-0.15, -0.1) is 0 Å². The molecule has 0 spiro atoms. The number of nitro benzene ring substituents is 1. The van der Waals surface area contributed by atoms with Gasteiger partial charge in [-0.05, 0) is 193 Å². The van der Waals surface area contributed by atoms with Crippen molar-refractivity contribution in [3.63, 3.8) is 0 Å². The third-order valence-corrected chi connectivity index (χ3v) is 25.7. The number of nitrogens with zero attached hydrogens (tertiary/aromatic N) is 8. The zero-order chi connectivity index (χ0) is 108. The summed E-state index contributed by atoms with van der Waals surface area (Å²) in [4.78, 5) is 38.5. The Kier molecular flexibility index (Phi) is 37.5. The van der Waals surface area contributed by atoms with Gasteiger partial charge >= 0.3 is 0 Å². The van der Waals surface area contributed by atoms with Crippen LogP contribution in [-0.2, 0) is 44.5 Å². The zero-order valence-corrected chi connectivity index (χ0v) is 90.4. The summed E-state index contributed by atoms with van der Waals surface area (Å²) in [7, 11) is 1.61. The molecule has 23 heteroatoms. The summed E-state index contributed by atoms with van der Waals surface area (Å²) in [6.07, 6.45) is 12.3. The van der Waals surface area contributed by atoms with E-state index in [0.717, 1.165) is 123 Å². The van der Waals surface area contributed by atoms with Crippen LogP contribution >= 0.6 is 11.6 Å². The number of hydrogen-bond donors (Lipinski definition) is 5. The quantitative estimate of drug-likeness (QED) is 0.0119. The van der Waals surface area contributed by atoms with Gasteiger partial charge in [0.15, 0.2) is 23.3 Å². The molecule has 1 heterocycles. The normalized spacial score (nSPS) is 13.9. The Labute approximate surface area is 864 Å². The van der Waals surface area contributed by atoms with Gasteiger partial charge in [0.2, 0.25) is 5.82 Å². The van der Waals surface area contributed by atoms with E-state index in [2.05, 4.69) is 194 Å². The minimum absolute atomic E-state index is 0.00902. The first-order valence-corrected chi connectivity index (χ1v) is 49.8. The van der Waals surface area contributed by atoms with Crippen molar-refractivity contribution in [2.24, 2.45) is 25.0 Å². The fraction of sp³-hybridized carbons (Fsp3) is 0.358. The van der Waals surface area contributed by atoms with Gasteiger partial charge in [-0.2, -0.15) is 4.98 Å². The van der Waals surface area contributed by atoms with Crippen molar-refractivity contribution in [1.82, 2.24) is 10.1 Å². The SMILES string of the molecule is CC(C)(C)c1cc(C=NC2CCCCC2N=Cc2cc(C(C)(C)C)cc(C(C)(C)C)c2O)c(O)c(C(C)(C)C)c1.CC(C)c1cccc(C(C)C)c1N=Cc1cc([N+](=O)[O-])ccc1OCc1ccccc1.COc1ccccc1N=Cc1ccccc1O.Cc1c(F)c(F)c(F)c(F)c1N=Cc1cc(C(C)(C)C)cc(C(C)(C)C)c1O.Cc1cccc(Cl)c1-c1noc(-c2cc(C(C)(C)C)cc(-c3ccccc3)c2O)n1. The molecule has 0 amide bonds. The average molecular weight is 2000 g/mol. The topological polar surface area (TPSA) is 263 Å². The Morgan fingerprint density at radius 3 is 1.37 bits per heavy atom. The molecule has 13 aromatic rings. The summed E-state index contributed by atoms with van der Waals surface area (Å²) in [6.45, 7) is 56.2. The number of aliphatic imine (C=N–C) groups is 5. The average Bonchev–Trinajstić information content (AvgIpc) is 1.59. The van der Waals surface area contributed by atoms with Gasteiger partial charge in [0, 0.05) is 104 Å². The van der Waals surface area contributed by atoms with Gasteiger partial charge in [0.1, 0.15) is 58.2 Å². The number of rotatable bonds is 20. The van der Waals surface area contributed by atoms with E-state index in [-0.39, 0.29) is 84.4 Å². The number of phenolic OH excluding ortho intramolecular Hbond substituents is 5. The number of aromatic nitrogens is 2. The van der Waals surface area contributed by atoms with Gasteiger partial charge < -0.3 is 39.5 Å². The number of ether oxygens (including phenoxy) is 2. The molecule has 1 aliphatic rings. The van der Waals surface area contributed by atoms with Gasteiger partial charge in [-0.25, -0.2) is 17.6 Å². The molecule has 1 aliphatic carbocycles. The maximum absolute atomic E-state index is 14.1. The second kappa shape index (κ2) is 48.0. The van der Waals surface area contributed by atoms with Crippen molar-refractivity contribution in [3.05, 3.63) is 345 Å². The van der Waals surface area contributed by atoms with Crippen LogP contribution in [-0.4, -0.2) is 90.9 Å². The van der Waals surface area contributed by atoms with E-state index < -0.39 is 39.4 Å². The standard InChI is InChI=1S/C36H54N2O2.C26H28N2O3.C25H23ClN2O2.C22H25F4NO.C14H13NO2/c1-33(2,3)25-17-23(31(39)27(19-25)35(7,8)9)21-37-29-15-13-14-16-30(29)38-22-24-18-26(34(4,5)6)20-28(32(24)40)36(10,11)12;1-18(2)23-11-8-12-24(19(3)4)26(23)27-16-21-15-22(28(29)30)13-14-25(21)31-17-20-9-6-5-7-10-20;1-15-9-8-12-20(26)21(15)23-27-24(30-28-23)19-14-17(25(2,3)4)13-18(22(19)29)16-10-6-5-7-11-16;1-11-15(23)16(24)17(25)18(26)19(11)27-10-12-8-13(21(2,3)4)9-14(20(12)28)22(5,6)7;1-17-14-9-5-3-7-12(14)15-10-11-6-2-4-8-13(11)16/h17-22,29-30,39-40H,13-16H2,1-12H3;5-16,18-19H,17H2,1-4H3;5-14,29H,1-4H3;8-10,28H,1-7H3;2-10,16H,1H3. The van der Waals surface area contributed by atoms with E-state index in [1.165, 1.54) is 23.3 Å². The highest BCUT2D eigenvalue weighted by molar-refractivity contribution is 6.33. The number of non-ortho nitro benzene ring substituents is 1. The van der Waals surface area contributed by atoms with Crippen LogP contribution in [0.3, 0.4) is 0 Å². The zero-order valence-electron chi connectivity index (χ0n) is 89.7. The van der Waals surface area contributed by atoms with Crippen LogP contribution < -0.4 is 9.47 Å². The first kappa shape index (κ1) is 114. The number of methoxy groups -OCH3 is 1. The van der Waals surface area contributed by atoms with E-state index >= 15 is 0 Å². The minimum atomic E-state index is -1.92. The highest BCUT2D eigenvalue weighted by atomic mass is 35.5. The number of aromatic hydroxyl groups is 5. The fourth-order valence-corrected chi connectivity index (χ4v) is 16.7. The molecule has 146 heavy (non-hydrogen) atoms. The smallest absolute Gasteiger partial charge is 0.270 e. The highest BCUT2D eigenvalue weighted by Gasteiger charge is 2.33. The minimum Gasteiger partial charge on any atom is -0.507 e. The number of benzene rings is 12. The number of aryl methyl sites for hydroxylation is 1. The second-order valence-corrected chi connectivity index (χ2v) is 45.2. The van der Waals surface area contributed by atoms with Crippen LogP contribution in [0.1, 0.15) is 305 Å². The Balaban J connectivity index is 0.000000191. The van der Waals surface area contributed by atoms with Crippen molar-refractivity contribution in [1.29, 1.82) is 0 Å². The largest absolute Gasteiger partial charge is 0.507 e. The van der Waals surface area contributed by atoms with E-state index in [1.54, 1.807) is 55.9 Å². The van der Waals surface area contributed by atoms with Crippen molar-refractivity contribution >= 4 is 65.4 Å². The highest BCUT2D eigenvalue weighted by Crippen LogP contribution is 2.47. The van der Waals surface area contributed by atoms with Crippen molar-refractivity contribution < 1.29 is 62.0 Å². The molecule has 18 nitrogen and oxygen atoms in total. The summed E-state index contributed by atoms with van der Waals surface area (Å²) in [6, 6.07) is 66.6. The Hall–Kier alpha value is -13.9. The van der Waals surface area contributed by atoms with Crippen LogP contribution in [0.5, 0.6) is 40.2 Å². The van der Waals surface area contributed by atoms with Gasteiger partial charge in [0.25, 0.3) is 11.6 Å². The molecule has 2 atom stereocenters. The third-order valence-electron chi connectivity index (χ3n) is 25.4. The Bertz CT molecular complexity index is 6740. The third kappa shape index (κ3) is 29.5.